The Morgan fingerprint density at radius 1 is 1.52 bits per heavy atom. The van der Waals surface area contributed by atoms with Gasteiger partial charge < -0.3 is 14.4 Å². The lowest BCUT2D eigenvalue weighted by Crippen LogP contribution is -2.45. The number of carbonyl (C=O) groups is 1. The molecule has 3 heterocycles. The number of carbonyl (C=O) groups excluding carboxylic acids is 1. The van der Waals surface area contributed by atoms with Crippen molar-refractivity contribution in [3.8, 4) is 0 Å². The van der Waals surface area contributed by atoms with Crippen LogP contribution in [0.5, 0.6) is 0 Å². The molecule has 5 nitrogen and oxygen atoms in total. The van der Waals surface area contributed by atoms with Crippen molar-refractivity contribution in [2.75, 3.05) is 13.2 Å². The summed E-state index contributed by atoms with van der Waals surface area (Å²) >= 11 is 1.65. The van der Waals surface area contributed by atoms with Gasteiger partial charge in [-0.3, -0.25) is 4.79 Å². The minimum atomic E-state index is 0.151. The maximum absolute atomic E-state index is 11.6. The molecule has 2 aliphatic rings. The molecule has 3 rings (SSSR count). The lowest BCUT2D eigenvalue weighted by Gasteiger charge is -2.35. The number of rotatable bonds is 4. The predicted octanol–water partition coefficient (Wildman–Crippen LogP) is 2.14. The fourth-order valence-corrected chi connectivity index (χ4v) is 3.88. The van der Waals surface area contributed by atoms with E-state index in [1.54, 1.807) is 18.3 Å². The number of hydrogen-bond donors (Lipinski definition) is 0. The molecular weight excluding hydrogens is 288 g/mol. The van der Waals surface area contributed by atoms with Crippen LogP contribution in [0, 0.1) is 6.92 Å². The molecule has 0 N–H and O–H groups in total. The van der Waals surface area contributed by atoms with Crippen LogP contribution in [0.1, 0.15) is 36.9 Å². The first-order chi connectivity index (χ1) is 10.1. The summed E-state index contributed by atoms with van der Waals surface area (Å²) in [5.74, 6) is 0.166. The Labute approximate surface area is 129 Å². The zero-order chi connectivity index (χ0) is 14.8. The lowest BCUT2D eigenvalue weighted by atomic mass is 9.99. The lowest BCUT2D eigenvalue weighted by molar-refractivity contribution is -0.137. The minimum Gasteiger partial charge on any atom is -0.372 e. The molecule has 116 valence electrons. The third-order valence-electron chi connectivity index (χ3n) is 4.26. The number of fused-ring (bicyclic) bond motifs is 1. The summed E-state index contributed by atoms with van der Waals surface area (Å²) < 4.78 is 11.8. The maximum Gasteiger partial charge on any atom is 0.219 e. The Morgan fingerprint density at radius 2 is 2.38 bits per heavy atom. The number of hydrogen-bond acceptors (Lipinski definition) is 5. The van der Waals surface area contributed by atoms with Gasteiger partial charge in [-0.05, 0) is 26.2 Å². The van der Waals surface area contributed by atoms with Gasteiger partial charge in [-0.15, -0.1) is 11.3 Å². The molecule has 1 amide bonds. The van der Waals surface area contributed by atoms with Gasteiger partial charge in [0.2, 0.25) is 5.91 Å². The van der Waals surface area contributed by atoms with Gasteiger partial charge in [-0.1, -0.05) is 0 Å². The maximum atomic E-state index is 11.6. The standard InChI is InChI=1S/C15H22N2O3S/c1-10-16-12(9-21-10)7-19-8-13-3-4-14-15(20-13)5-6-17(14)11(2)18/h9,13-15H,3-8H2,1-2H3/t13-,14?,15?/m0/s1. The fraction of sp³-hybridized carbons (Fsp3) is 0.733. The van der Waals surface area contributed by atoms with Gasteiger partial charge in [0.05, 0.1) is 42.2 Å². The molecule has 0 aromatic carbocycles. The van der Waals surface area contributed by atoms with E-state index < -0.39 is 0 Å². The summed E-state index contributed by atoms with van der Waals surface area (Å²) in [7, 11) is 0. The molecule has 0 saturated carbocycles. The first-order valence-corrected chi connectivity index (χ1v) is 8.43. The fourth-order valence-electron chi connectivity index (χ4n) is 3.28. The van der Waals surface area contributed by atoms with Crippen LogP contribution in [-0.4, -0.2) is 47.2 Å². The second-order valence-corrected chi connectivity index (χ2v) is 6.88. The van der Waals surface area contributed by atoms with E-state index in [9.17, 15) is 4.79 Å². The van der Waals surface area contributed by atoms with Crippen LogP contribution in [0.15, 0.2) is 5.38 Å². The average molecular weight is 310 g/mol. The molecule has 0 spiro atoms. The largest absolute Gasteiger partial charge is 0.372 e. The summed E-state index contributed by atoms with van der Waals surface area (Å²) in [4.78, 5) is 17.9. The van der Waals surface area contributed by atoms with Crippen molar-refractivity contribution in [1.82, 2.24) is 9.88 Å². The second-order valence-electron chi connectivity index (χ2n) is 5.82. The molecule has 1 aromatic rings. The SMILES string of the molecule is CC(=O)N1CCC2O[C@H](COCc3csc(C)n3)CCC21. The van der Waals surface area contributed by atoms with E-state index in [0.29, 0.717) is 13.2 Å². The number of likely N-dealkylation sites (tertiary alicyclic amines) is 1. The Bertz CT molecular complexity index is 505. The molecule has 2 saturated heterocycles. The van der Waals surface area contributed by atoms with Gasteiger partial charge in [-0.25, -0.2) is 4.98 Å². The van der Waals surface area contributed by atoms with Crippen molar-refractivity contribution >= 4 is 17.2 Å². The molecule has 3 atom stereocenters. The summed E-state index contributed by atoms with van der Waals surface area (Å²) in [5, 5.41) is 3.11. The zero-order valence-corrected chi connectivity index (χ0v) is 13.4. The topological polar surface area (TPSA) is 51.7 Å². The van der Waals surface area contributed by atoms with E-state index in [0.717, 1.165) is 36.5 Å². The van der Waals surface area contributed by atoms with E-state index in [1.165, 1.54) is 0 Å². The van der Waals surface area contributed by atoms with Crippen LogP contribution in [0.4, 0.5) is 0 Å². The molecule has 0 aliphatic carbocycles. The van der Waals surface area contributed by atoms with Crippen molar-refractivity contribution < 1.29 is 14.3 Å². The molecule has 6 heteroatoms. The third-order valence-corrected chi connectivity index (χ3v) is 5.08. The molecule has 0 radical (unpaired) electrons. The van der Waals surface area contributed by atoms with Crippen LogP contribution in [-0.2, 0) is 20.9 Å². The smallest absolute Gasteiger partial charge is 0.219 e. The highest BCUT2D eigenvalue weighted by Gasteiger charge is 2.40. The van der Waals surface area contributed by atoms with Gasteiger partial charge in [0.15, 0.2) is 0 Å². The van der Waals surface area contributed by atoms with Crippen molar-refractivity contribution in [3.63, 3.8) is 0 Å². The van der Waals surface area contributed by atoms with Gasteiger partial charge >= 0.3 is 0 Å². The summed E-state index contributed by atoms with van der Waals surface area (Å²) in [6.45, 7) is 5.64. The third kappa shape index (κ3) is 3.44. The summed E-state index contributed by atoms with van der Waals surface area (Å²) in [5.41, 5.74) is 0.995. The Hall–Kier alpha value is -0.980. The zero-order valence-electron chi connectivity index (χ0n) is 12.6. The quantitative estimate of drug-likeness (QED) is 0.855. The van der Waals surface area contributed by atoms with Crippen LogP contribution in [0.3, 0.4) is 0 Å². The Kier molecular flexibility index (Phi) is 4.57. The van der Waals surface area contributed by atoms with Crippen molar-refractivity contribution in [2.24, 2.45) is 0 Å². The van der Waals surface area contributed by atoms with Crippen molar-refractivity contribution in [1.29, 1.82) is 0 Å². The Morgan fingerprint density at radius 3 is 3.10 bits per heavy atom. The van der Waals surface area contributed by atoms with Crippen LogP contribution in [0.2, 0.25) is 0 Å². The number of aryl methyl sites for hydroxylation is 1. The van der Waals surface area contributed by atoms with E-state index in [-0.39, 0.29) is 24.2 Å². The normalized spacial score (nSPS) is 28.7. The molecule has 2 unspecified atom stereocenters. The number of amides is 1. The molecule has 21 heavy (non-hydrogen) atoms. The molecule has 0 bridgehead atoms. The molecule has 1 aromatic heterocycles. The highest BCUT2D eigenvalue weighted by molar-refractivity contribution is 7.09. The van der Waals surface area contributed by atoms with Gasteiger partial charge in [0.25, 0.3) is 0 Å². The second kappa shape index (κ2) is 6.42. The number of ether oxygens (including phenoxy) is 2. The number of thiazole rings is 1. The van der Waals surface area contributed by atoms with E-state index in [1.807, 2.05) is 17.2 Å². The summed E-state index contributed by atoms with van der Waals surface area (Å²) in [6, 6.07) is 0.278. The minimum absolute atomic E-state index is 0.151. The molecule has 2 fully saturated rings. The highest BCUT2D eigenvalue weighted by Crippen LogP contribution is 2.31. The molecular formula is C15H22N2O3S. The summed E-state index contributed by atoms with van der Waals surface area (Å²) in [6.07, 6.45) is 3.27. The average Bonchev–Trinajstić information content (AvgIpc) is 3.04. The van der Waals surface area contributed by atoms with Crippen molar-refractivity contribution in [3.05, 3.63) is 16.1 Å². The highest BCUT2D eigenvalue weighted by atomic mass is 32.1. The van der Waals surface area contributed by atoms with Gasteiger partial charge in [-0.2, -0.15) is 0 Å². The van der Waals surface area contributed by atoms with Crippen LogP contribution >= 0.6 is 11.3 Å². The van der Waals surface area contributed by atoms with Crippen LogP contribution in [0.25, 0.3) is 0 Å². The molecule has 2 aliphatic heterocycles. The first-order valence-electron chi connectivity index (χ1n) is 7.55. The van der Waals surface area contributed by atoms with E-state index >= 15 is 0 Å². The number of nitrogens with zero attached hydrogens (tertiary/aromatic N) is 2. The monoisotopic (exact) mass is 310 g/mol. The van der Waals surface area contributed by atoms with Gasteiger partial charge in [0, 0.05) is 18.8 Å². The first kappa shape index (κ1) is 14.9. The number of aromatic nitrogens is 1. The van der Waals surface area contributed by atoms with E-state index in [2.05, 4.69) is 4.98 Å². The van der Waals surface area contributed by atoms with E-state index in [4.69, 9.17) is 9.47 Å². The van der Waals surface area contributed by atoms with Gasteiger partial charge in [0.1, 0.15) is 0 Å². The predicted molar refractivity (Wildman–Crippen MR) is 80.2 cm³/mol. The Balaban J connectivity index is 1.44. The van der Waals surface area contributed by atoms with Crippen LogP contribution < -0.4 is 0 Å². The van der Waals surface area contributed by atoms with Crippen molar-refractivity contribution in [2.45, 2.75) is 58.0 Å².